The van der Waals surface area contributed by atoms with Gasteiger partial charge in [0.05, 0.1) is 12.2 Å². The second-order valence-electron chi connectivity index (χ2n) is 7.63. The first-order valence-corrected chi connectivity index (χ1v) is 9.72. The molecule has 6 N–H and O–H groups in total. The fourth-order valence-corrected chi connectivity index (χ4v) is 2.81. The van der Waals surface area contributed by atoms with E-state index in [0.717, 1.165) is 18.5 Å². The van der Waals surface area contributed by atoms with Crippen LogP contribution in [0.25, 0.3) is 0 Å². The Hall–Kier alpha value is -1.99. The predicted molar refractivity (Wildman–Crippen MR) is 107 cm³/mol. The van der Waals surface area contributed by atoms with Gasteiger partial charge in [-0.25, -0.2) is 0 Å². The maximum Gasteiger partial charge on any atom is 0.243 e. The molecule has 7 nitrogen and oxygen atoms in total. The molecule has 0 radical (unpaired) electrons. The fraction of sp³-hybridized carbons (Fsp3) is 0.650. The first-order valence-electron chi connectivity index (χ1n) is 9.72. The van der Waals surface area contributed by atoms with Crippen LogP contribution < -0.4 is 22.1 Å². The Bertz CT molecular complexity index is 579. The molecule has 1 rings (SSSR count). The number of hydrogen-bond donors (Lipinski definition) is 4. The summed E-state index contributed by atoms with van der Waals surface area (Å²) in [6, 6.07) is 4.24. The minimum atomic E-state index is -0.611. The lowest BCUT2D eigenvalue weighted by Crippen LogP contribution is -2.52. The Morgan fingerprint density at radius 2 is 1.85 bits per heavy atom. The van der Waals surface area contributed by atoms with Gasteiger partial charge in [-0.05, 0) is 30.4 Å². The van der Waals surface area contributed by atoms with E-state index in [1.54, 1.807) is 6.20 Å². The highest BCUT2D eigenvalue weighted by Gasteiger charge is 2.27. The van der Waals surface area contributed by atoms with Crippen molar-refractivity contribution in [3.8, 4) is 0 Å². The quantitative estimate of drug-likeness (QED) is 0.463. The van der Waals surface area contributed by atoms with Crippen molar-refractivity contribution in [2.24, 2.45) is 23.3 Å². The summed E-state index contributed by atoms with van der Waals surface area (Å²) in [4.78, 5) is 29.2. The number of nitrogens with two attached hydrogens (primary N) is 2. The first kappa shape index (κ1) is 23.0. The van der Waals surface area contributed by atoms with Gasteiger partial charge in [-0.2, -0.15) is 0 Å². The monoisotopic (exact) mass is 377 g/mol. The van der Waals surface area contributed by atoms with Crippen molar-refractivity contribution < 1.29 is 9.59 Å². The number of carbonyl (C=O) groups is 2. The molecule has 1 heterocycles. The largest absolute Gasteiger partial charge is 0.349 e. The lowest BCUT2D eigenvalue weighted by atomic mass is 9.95. The van der Waals surface area contributed by atoms with Crippen LogP contribution in [0.3, 0.4) is 0 Å². The summed E-state index contributed by atoms with van der Waals surface area (Å²) in [6.45, 7) is 8.38. The van der Waals surface area contributed by atoms with Crippen LogP contribution in [0.15, 0.2) is 24.4 Å². The summed E-state index contributed by atoms with van der Waals surface area (Å²) >= 11 is 0. The number of nitrogens with zero attached hydrogens (tertiary/aromatic N) is 1. The van der Waals surface area contributed by atoms with Crippen LogP contribution in [0.5, 0.6) is 0 Å². The number of rotatable bonds is 11. The normalized spacial score (nSPS) is 15.7. The van der Waals surface area contributed by atoms with Crippen molar-refractivity contribution in [3.63, 3.8) is 0 Å². The predicted octanol–water partition coefficient (Wildman–Crippen LogP) is 1.32. The van der Waals surface area contributed by atoms with Crippen molar-refractivity contribution >= 4 is 11.8 Å². The lowest BCUT2D eigenvalue weighted by Gasteiger charge is -2.26. The molecule has 0 aromatic carbocycles. The maximum absolute atomic E-state index is 12.6. The van der Waals surface area contributed by atoms with E-state index < -0.39 is 12.1 Å². The molecular formula is C20H35N5O2. The maximum atomic E-state index is 12.6. The molecule has 7 heteroatoms. The van der Waals surface area contributed by atoms with Crippen molar-refractivity contribution in [3.05, 3.63) is 30.1 Å². The van der Waals surface area contributed by atoms with Gasteiger partial charge >= 0.3 is 0 Å². The molecule has 0 aliphatic carbocycles. The smallest absolute Gasteiger partial charge is 0.243 e. The van der Waals surface area contributed by atoms with E-state index >= 15 is 0 Å². The van der Waals surface area contributed by atoms with Crippen LogP contribution in [0.4, 0.5) is 0 Å². The molecule has 0 saturated carbocycles. The second kappa shape index (κ2) is 11.7. The highest BCUT2D eigenvalue weighted by Crippen LogP contribution is 2.11. The molecule has 0 spiro atoms. The third-order valence-electron chi connectivity index (χ3n) is 4.70. The van der Waals surface area contributed by atoms with Crippen LogP contribution in [-0.2, 0) is 16.1 Å². The van der Waals surface area contributed by atoms with Gasteiger partial charge in [-0.15, -0.1) is 0 Å². The van der Waals surface area contributed by atoms with Gasteiger partial charge in [0, 0.05) is 24.7 Å². The average Bonchev–Trinajstić information content (AvgIpc) is 2.63. The Morgan fingerprint density at radius 1 is 1.15 bits per heavy atom. The summed E-state index contributed by atoms with van der Waals surface area (Å²) in [7, 11) is 0. The zero-order valence-electron chi connectivity index (χ0n) is 16.9. The summed E-state index contributed by atoms with van der Waals surface area (Å²) in [6.07, 6.45) is 3.31. The highest BCUT2D eigenvalue weighted by molar-refractivity contribution is 5.88. The topological polar surface area (TPSA) is 123 Å². The van der Waals surface area contributed by atoms with Gasteiger partial charge in [0.15, 0.2) is 0 Å². The molecule has 0 fully saturated rings. The van der Waals surface area contributed by atoms with Crippen LogP contribution in [-0.4, -0.2) is 34.9 Å². The van der Waals surface area contributed by atoms with Crippen LogP contribution in [0, 0.1) is 11.8 Å². The van der Waals surface area contributed by atoms with Crippen LogP contribution in [0.1, 0.15) is 52.7 Å². The molecule has 0 bridgehead atoms. The van der Waals surface area contributed by atoms with Gasteiger partial charge in [-0.1, -0.05) is 40.2 Å². The Balaban J connectivity index is 2.62. The van der Waals surface area contributed by atoms with E-state index in [1.807, 2.05) is 32.0 Å². The summed E-state index contributed by atoms with van der Waals surface area (Å²) in [5, 5.41) is 5.69. The van der Waals surface area contributed by atoms with Gasteiger partial charge < -0.3 is 22.1 Å². The van der Waals surface area contributed by atoms with E-state index in [0.29, 0.717) is 12.5 Å². The number of carbonyl (C=O) groups excluding carboxylic acids is 2. The molecule has 0 aliphatic rings. The van der Waals surface area contributed by atoms with E-state index in [1.165, 1.54) is 0 Å². The van der Waals surface area contributed by atoms with Crippen molar-refractivity contribution in [2.45, 2.75) is 71.6 Å². The van der Waals surface area contributed by atoms with Gasteiger partial charge in [0.1, 0.15) is 6.04 Å². The van der Waals surface area contributed by atoms with Crippen LogP contribution in [0.2, 0.25) is 0 Å². The summed E-state index contributed by atoms with van der Waals surface area (Å²) < 4.78 is 0. The number of nitrogens with one attached hydrogen (secondary N) is 2. The zero-order chi connectivity index (χ0) is 20.4. The molecule has 4 atom stereocenters. The van der Waals surface area contributed by atoms with Gasteiger partial charge in [0.2, 0.25) is 11.8 Å². The average molecular weight is 378 g/mol. The standard InChI is InChI=1S/C20H35N5O2/c1-5-14(4)19(20(27)24-12-15-8-6-7-9-23-15)25-18(26)11-17(22)16(21)10-13(2)3/h6-9,13-14,16-17,19H,5,10-12,21-22H2,1-4H3,(H,24,27)(H,25,26)/t14-,16-,17-,19-/m0/s1. The number of aromatic nitrogens is 1. The fourth-order valence-electron chi connectivity index (χ4n) is 2.81. The minimum Gasteiger partial charge on any atom is -0.349 e. The van der Waals surface area contributed by atoms with Crippen molar-refractivity contribution in [1.29, 1.82) is 0 Å². The van der Waals surface area contributed by atoms with Gasteiger partial charge in [-0.3, -0.25) is 14.6 Å². The number of pyridine rings is 1. The molecule has 0 aliphatic heterocycles. The highest BCUT2D eigenvalue weighted by atomic mass is 16.2. The Labute approximate surface area is 162 Å². The molecule has 27 heavy (non-hydrogen) atoms. The van der Waals surface area contributed by atoms with E-state index in [2.05, 4.69) is 29.5 Å². The Kier molecular flexibility index (Phi) is 9.96. The van der Waals surface area contributed by atoms with Crippen LogP contribution >= 0.6 is 0 Å². The van der Waals surface area contributed by atoms with E-state index in [-0.39, 0.29) is 30.2 Å². The third kappa shape index (κ3) is 8.49. The molecule has 2 amide bonds. The summed E-state index contributed by atoms with van der Waals surface area (Å²) in [5.41, 5.74) is 12.9. The second-order valence-corrected chi connectivity index (χ2v) is 7.63. The molecule has 1 aromatic rings. The van der Waals surface area contributed by atoms with E-state index in [4.69, 9.17) is 11.5 Å². The molecule has 0 saturated heterocycles. The molecule has 152 valence electrons. The SMILES string of the molecule is CC[C@H](C)[C@H](NC(=O)C[C@H](N)[C@@H](N)CC(C)C)C(=O)NCc1ccccn1. The number of amides is 2. The van der Waals surface area contributed by atoms with Crippen molar-refractivity contribution in [1.82, 2.24) is 15.6 Å². The van der Waals surface area contributed by atoms with Gasteiger partial charge in [0.25, 0.3) is 0 Å². The number of hydrogen-bond acceptors (Lipinski definition) is 5. The first-order chi connectivity index (χ1) is 12.7. The molecular weight excluding hydrogens is 342 g/mol. The molecule has 1 aromatic heterocycles. The summed E-state index contributed by atoms with van der Waals surface area (Å²) in [5.74, 6) is -0.0546. The Morgan fingerprint density at radius 3 is 2.41 bits per heavy atom. The lowest BCUT2D eigenvalue weighted by molar-refractivity contribution is -0.130. The molecule has 0 unspecified atom stereocenters. The minimum absolute atomic E-state index is 0.00163. The third-order valence-corrected chi connectivity index (χ3v) is 4.70. The van der Waals surface area contributed by atoms with E-state index in [9.17, 15) is 9.59 Å². The zero-order valence-corrected chi connectivity index (χ0v) is 16.9. The van der Waals surface area contributed by atoms with Crippen molar-refractivity contribution in [2.75, 3.05) is 0 Å².